The monoisotopic (exact) mass is 229 g/mol. The Morgan fingerprint density at radius 3 is 2.62 bits per heavy atom. The predicted molar refractivity (Wildman–Crippen MR) is 62.0 cm³/mol. The SMILES string of the molecule is CC(O)CCNC(=O)C(C)C1CCOCC1. The summed E-state index contributed by atoms with van der Waals surface area (Å²) in [6.07, 6.45) is 2.22. The molecule has 0 spiro atoms. The van der Waals surface area contributed by atoms with Gasteiger partial charge in [-0.2, -0.15) is 0 Å². The topological polar surface area (TPSA) is 58.6 Å². The number of nitrogens with one attached hydrogen (secondary N) is 1. The van der Waals surface area contributed by atoms with Gasteiger partial charge in [0.1, 0.15) is 0 Å². The van der Waals surface area contributed by atoms with Gasteiger partial charge in [0.2, 0.25) is 5.91 Å². The lowest BCUT2D eigenvalue weighted by Gasteiger charge is -2.27. The van der Waals surface area contributed by atoms with Crippen molar-refractivity contribution in [3.8, 4) is 0 Å². The van der Waals surface area contributed by atoms with Gasteiger partial charge in [0.25, 0.3) is 0 Å². The van der Waals surface area contributed by atoms with Gasteiger partial charge in [-0.05, 0) is 32.1 Å². The fraction of sp³-hybridized carbons (Fsp3) is 0.917. The molecule has 1 fully saturated rings. The number of ether oxygens (including phenoxy) is 1. The molecule has 1 saturated heterocycles. The van der Waals surface area contributed by atoms with Crippen LogP contribution < -0.4 is 5.32 Å². The van der Waals surface area contributed by atoms with Crippen LogP contribution in [0, 0.1) is 11.8 Å². The molecule has 0 saturated carbocycles. The zero-order valence-corrected chi connectivity index (χ0v) is 10.2. The molecule has 0 aromatic carbocycles. The second kappa shape index (κ2) is 6.86. The molecule has 1 amide bonds. The van der Waals surface area contributed by atoms with Crippen LogP contribution in [-0.2, 0) is 9.53 Å². The van der Waals surface area contributed by atoms with Crippen LogP contribution in [0.5, 0.6) is 0 Å². The fourth-order valence-electron chi connectivity index (χ4n) is 2.00. The van der Waals surface area contributed by atoms with E-state index in [4.69, 9.17) is 9.84 Å². The van der Waals surface area contributed by atoms with E-state index in [9.17, 15) is 4.79 Å². The number of amides is 1. The summed E-state index contributed by atoms with van der Waals surface area (Å²) >= 11 is 0. The summed E-state index contributed by atoms with van der Waals surface area (Å²) in [5, 5.41) is 12.0. The lowest BCUT2D eigenvalue weighted by molar-refractivity contribution is -0.127. The first-order chi connectivity index (χ1) is 7.61. The molecular formula is C12H23NO3. The van der Waals surface area contributed by atoms with Crippen LogP contribution in [0.2, 0.25) is 0 Å². The van der Waals surface area contributed by atoms with Crippen molar-refractivity contribution in [3.63, 3.8) is 0 Å². The van der Waals surface area contributed by atoms with Crippen molar-refractivity contribution in [1.82, 2.24) is 5.32 Å². The number of carbonyl (C=O) groups is 1. The smallest absolute Gasteiger partial charge is 0.223 e. The second-order valence-corrected chi connectivity index (χ2v) is 4.67. The molecule has 2 unspecified atom stereocenters. The Bertz CT molecular complexity index is 212. The molecule has 1 heterocycles. The summed E-state index contributed by atoms with van der Waals surface area (Å²) in [6, 6.07) is 0. The zero-order chi connectivity index (χ0) is 12.0. The second-order valence-electron chi connectivity index (χ2n) is 4.67. The molecule has 1 rings (SSSR count). The molecule has 0 bridgehead atoms. The van der Waals surface area contributed by atoms with Gasteiger partial charge >= 0.3 is 0 Å². The van der Waals surface area contributed by atoms with Crippen LogP contribution in [0.1, 0.15) is 33.1 Å². The summed E-state index contributed by atoms with van der Waals surface area (Å²) in [4.78, 5) is 11.8. The minimum Gasteiger partial charge on any atom is -0.393 e. The predicted octanol–water partition coefficient (Wildman–Crippen LogP) is 0.936. The molecule has 2 atom stereocenters. The van der Waals surface area contributed by atoms with Crippen LogP contribution in [0.25, 0.3) is 0 Å². The maximum atomic E-state index is 11.8. The molecule has 16 heavy (non-hydrogen) atoms. The number of hydrogen-bond donors (Lipinski definition) is 2. The molecule has 0 radical (unpaired) electrons. The van der Waals surface area contributed by atoms with Crippen LogP contribution in [-0.4, -0.2) is 36.9 Å². The van der Waals surface area contributed by atoms with Crippen LogP contribution >= 0.6 is 0 Å². The highest BCUT2D eigenvalue weighted by molar-refractivity contribution is 5.78. The van der Waals surface area contributed by atoms with Gasteiger partial charge in [-0.3, -0.25) is 4.79 Å². The number of carbonyl (C=O) groups excluding carboxylic acids is 1. The van der Waals surface area contributed by atoms with Crippen LogP contribution in [0.4, 0.5) is 0 Å². The quantitative estimate of drug-likeness (QED) is 0.737. The molecule has 4 heteroatoms. The fourth-order valence-corrected chi connectivity index (χ4v) is 2.00. The van der Waals surface area contributed by atoms with E-state index in [1.54, 1.807) is 6.92 Å². The molecule has 0 aromatic rings. The third-order valence-electron chi connectivity index (χ3n) is 3.25. The Balaban J connectivity index is 2.23. The minimum absolute atomic E-state index is 0.0536. The first kappa shape index (κ1) is 13.5. The Morgan fingerprint density at radius 2 is 2.06 bits per heavy atom. The van der Waals surface area contributed by atoms with Crippen LogP contribution in [0.15, 0.2) is 0 Å². The highest BCUT2D eigenvalue weighted by atomic mass is 16.5. The molecule has 0 aliphatic carbocycles. The molecule has 2 N–H and O–H groups in total. The lowest BCUT2D eigenvalue weighted by Crippen LogP contribution is -2.36. The van der Waals surface area contributed by atoms with Gasteiger partial charge in [0, 0.05) is 25.7 Å². The Kier molecular flexibility index (Phi) is 5.77. The molecule has 4 nitrogen and oxygen atoms in total. The minimum atomic E-state index is -0.348. The first-order valence-corrected chi connectivity index (χ1v) is 6.14. The van der Waals surface area contributed by atoms with E-state index >= 15 is 0 Å². The van der Waals surface area contributed by atoms with E-state index in [2.05, 4.69) is 5.32 Å². The summed E-state index contributed by atoms with van der Waals surface area (Å²) < 4.78 is 5.28. The van der Waals surface area contributed by atoms with Crippen molar-refractivity contribution in [2.24, 2.45) is 11.8 Å². The third kappa shape index (κ3) is 4.49. The molecule has 1 aliphatic rings. The standard InChI is InChI=1S/C12H23NO3/c1-9(14)3-6-13-12(15)10(2)11-4-7-16-8-5-11/h9-11,14H,3-8H2,1-2H3,(H,13,15). The maximum Gasteiger partial charge on any atom is 0.223 e. The van der Waals surface area contributed by atoms with E-state index in [0.29, 0.717) is 18.9 Å². The normalized spacial score (nSPS) is 21.4. The number of rotatable bonds is 5. The summed E-state index contributed by atoms with van der Waals surface area (Å²) in [5.41, 5.74) is 0. The van der Waals surface area contributed by atoms with Gasteiger partial charge in [-0.15, -0.1) is 0 Å². The van der Waals surface area contributed by atoms with Gasteiger partial charge in [-0.1, -0.05) is 6.92 Å². The Morgan fingerprint density at radius 1 is 1.44 bits per heavy atom. The first-order valence-electron chi connectivity index (χ1n) is 6.14. The van der Waals surface area contributed by atoms with E-state index in [0.717, 1.165) is 26.1 Å². The average molecular weight is 229 g/mol. The number of aliphatic hydroxyl groups is 1. The van der Waals surface area contributed by atoms with Crippen molar-refractivity contribution in [1.29, 1.82) is 0 Å². The van der Waals surface area contributed by atoms with Crippen molar-refractivity contribution < 1.29 is 14.6 Å². The van der Waals surface area contributed by atoms with Gasteiger partial charge in [0.15, 0.2) is 0 Å². The molecule has 0 aromatic heterocycles. The van der Waals surface area contributed by atoms with Crippen molar-refractivity contribution >= 4 is 5.91 Å². The summed E-state index contributed by atoms with van der Waals surface area (Å²) in [5.74, 6) is 0.603. The van der Waals surface area contributed by atoms with Gasteiger partial charge in [-0.25, -0.2) is 0 Å². The largest absolute Gasteiger partial charge is 0.393 e. The van der Waals surface area contributed by atoms with E-state index in [1.165, 1.54) is 0 Å². The third-order valence-corrected chi connectivity index (χ3v) is 3.25. The maximum absolute atomic E-state index is 11.8. The summed E-state index contributed by atoms with van der Waals surface area (Å²) in [7, 11) is 0. The molecule has 1 aliphatic heterocycles. The molecular weight excluding hydrogens is 206 g/mol. The highest BCUT2D eigenvalue weighted by Crippen LogP contribution is 2.23. The Labute approximate surface area is 97.4 Å². The van der Waals surface area contributed by atoms with Crippen molar-refractivity contribution in [2.45, 2.75) is 39.2 Å². The lowest BCUT2D eigenvalue weighted by atomic mass is 9.87. The van der Waals surface area contributed by atoms with Gasteiger partial charge in [0.05, 0.1) is 6.10 Å². The molecule has 94 valence electrons. The Hall–Kier alpha value is -0.610. The van der Waals surface area contributed by atoms with Crippen molar-refractivity contribution in [2.75, 3.05) is 19.8 Å². The van der Waals surface area contributed by atoms with E-state index in [-0.39, 0.29) is 17.9 Å². The van der Waals surface area contributed by atoms with Crippen molar-refractivity contribution in [3.05, 3.63) is 0 Å². The zero-order valence-electron chi connectivity index (χ0n) is 10.2. The number of aliphatic hydroxyl groups excluding tert-OH is 1. The van der Waals surface area contributed by atoms with E-state index in [1.807, 2.05) is 6.92 Å². The highest BCUT2D eigenvalue weighted by Gasteiger charge is 2.25. The number of hydrogen-bond acceptors (Lipinski definition) is 3. The average Bonchev–Trinajstić information content (AvgIpc) is 2.28. The van der Waals surface area contributed by atoms with Crippen LogP contribution in [0.3, 0.4) is 0 Å². The van der Waals surface area contributed by atoms with E-state index < -0.39 is 0 Å². The summed E-state index contributed by atoms with van der Waals surface area (Å²) in [6.45, 7) is 5.82. The van der Waals surface area contributed by atoms with Gasteiger partial charge < -0.3 is 15.2 Å².